The Labute approximate surface area is 184 Å². The third-order valence-corrected chi connectivity index (χ3v) is 7.32. The molecule has 0 atom stereocenters. The fourth-order valence-electron chi connectivity index (χ4n) is 2.65. The predicted octanol–water partition coefficient (Wildman–Crippen LogP) is 3.09. The molecule has 3 N–H and O–H groups in total. The topological polar surface area (TPSA) is 121 Å². The van der Waals surface area contributed by atoms with Crippen molar-refractivity contribution >= 4 is 31.6 Å². The molecule has 10 heteroatoms. The highest BCUT2D eigenvalue weighted by atomic mass is 32.2. The molecule has 31 heavy (non-hydrogen) atoms. The second-order valence-electron chi connectivity index (χ2n) is 8.11. The van der Waals surface area contributed by atoms with Gasteiger partial charge in [-0.25, -0.2) is 26.3 Å². The van der Waals surface area contributed by atoms with E-state index in [0.717, 1.165) is 12.8 Å². The Kier molecular flexibility index (Phi) is 7.98. The zero-order valence-electron chi connectivity index (χ0n) is 18.1. The van der Waals surface area contributed by atoms with Crippen LogP contribution in [-0.2, 0) is 20.0 Å². The molecule has 0 aliphatic carbocycles. The van der Waals surface area contributed by atoms with Crippen LogP contribution in [0.25, 0.3) is 0 Å². The Balaban J connectivity index is 2.14. The molecule has 0 unspecified atom stereocenters. The quantitative estimate of drug-likeness (QED) is 0.489. The van der Waals surface area contributed by atoms with Gasteiger partial charge in [0.1, 0.15) is 0 Å². The molecule has 1 amide bonds. The maximum Gasteiger partial charge on any atom is 0.255 e. The largest absolute Gasteiger partial charge is 0.322 e. The number of benzene rings is 2. The Morgan fingerprint density at radius 1 is 0.903 bits per heavy atom. The molecule has 0 fully saturated rings. The Hall–Kier alpha value is -2.27. The lowest BCUT2D eigenvalue weighted by atomic mass is 10.1. The van der Waals surface area contributed by atoms with Gasteiger partial charge in [0.05, 0.1) is 9.79 Å². The molecule has 0 spiro atoms. The van der Waals surface area contributed by atoms with Crippen molar-refractivity contribution in [2.75, 3.05) is 11.9 Å². The van der Waals surface area contributed by atoms with Crippen LogP contribution in [0.2, 0.25) is 0 Å². The third kappa shape index (κ3) is 7.42. The van der Waals surface area contributed by atoms with Crippen molar-refractivity contribution in [3.8, 4) is 0 Å². The summed E-state index contributed by atoms with van der Waals surface area (Å²) in [5.74, 6) is -0.506. The van der Waals surface area contributed by atoms with Crippen LogP contribution < -0.4 is 14.8 Å². The molecule has 8 nitrogen and oxygen atoms in total. The first-order valence-corrected chi connectivity index (χ1v) is 12.9. The number of hydrogen-bond acceptors (Lipinski definition) is 5. The number of carbonyl (C=O) groups excluding carboxylic acids is 1. The molecule has 170 valence electrons. The molecule has 0 bridgehead atoms. The number of carbonyl (C=O) groups is 1. The summed E-state index contributed by atoms with van der Waals surface area (Å²) in [5, 5.41) is 2.65. The number of amides is 1. The lowest BCUT2D eigenvalue weighted by molar-refractivity contribution is 0.102. The van der Waals surface area contributed by atoms with Crippen LogP contribution in [0.15, 0.2) is 58.3 Å². The average molecular weight is 468 g/mol. The molecular formula is C21H29N3O5S2. The molecule has 0 aliphatic heterocycles. The molecule has 2 rings (SSSR count). The van der Waals surface area contributed by atoms with E-state index in [1.54, 1.807) is 20.8 Å². The second-order valence-corrected chi connectivity index (χ2v) is 11.6. The van der Waals surface area contributed by atoms with Crippen molar-refractivity contribution in [2.24, 2.45) is 0 Å². The predicted molar refractivity (Wildman–Crippen MR) is 121 cm³/mol. The smallest absolute Gasteiger partial charge is 0.255 e. The number of sulfonamides is 2. The summed E-state index contributed by atoms with van der Waals surface area (Å²) in [6, 6.07) is 11.5. The van der Waals surface area contributed by atoms with Gasteiger partial charge in [-0.2, -0.15) is 0 Å². The van der Waals surface area contributed by atoms with Crippen molar-refractivity contribution < 1.29 is 21.6 Å². The van der Waals surface area contributed by atoms with Gasteiger partial charge < -0.3 is 5.32 Å². The molecule has 0 aliphatic rings. The zero-order valence-corrected chi connectivity index (χ0v) is 19.7. The van der Waals surface area contributed by atoms with Crippen LogP contribution in [0.3, 0.4) is 0 Å². The first kappa shape index (κ1) is 25.0. The van der Waals surface area contributed by atoms with Crippen LogP contribution in [0, 0.1) is 0 Å². The molecule has 2 aromatic carbocycles. The Morgan fingerprint density at radius 3 is 2.13 bits per heavy atom. The highest BCUT2D eigenvalue weighted by molar-refractivity contribution is 7.89. The van der Waals surface area contributed by atoms with Crippen molar-refractivity contribution in [3.63, 3.8) is 0 Å². The summed E-state index contributed by atoms with van der Waals surface area (Å²) >= 11 is 0. The molecule has 0 heterocycles. The molecule has 0 aromatic heterocycles. The van der Waals surface area contributed by atoms with Crippen LogP contribution >= 0.6 is 0 Å². The van der Waals surface area contributed by atoms with Crippen LogP contribution in [0.1, 0.15) is 50.9 Å². The van der Waals surface area contributed by atoms with E-state index < -0.39 is 31.5 Å². The van der Waals surface area contributed by atoms with E-state index >= 15 is 0 Å². The Bertz CT molecular complexity index is 1120. The van der Waals surface area contributed by atoms with Gasteiger partial charge in [0.15, 0.2) is 0 Å². The normalized spacial score (nSPS) is 12.5. The standard InChI is InChI=1S/C21H29N3O5S2/c1-5-6-14-22-30(26,27)19-9-7-8-16(15-19)20(25)23-17-10-12-18(13-11-17)31(28,29)24-21(2,3)4/h7-13,15,22,24H,5-6,14H2,1-4H3,(H,23,25). The first-order valence-electron chi connectivity index (χ1n) is 9.89. The van der Waals surface area contributed by atoms with E-state index in [-0.39, 0.29) is 15.4 Å². The van der Waals surface area contributed by atoms with Gasteiger partial charge in [-0.05, 0) is 69.7 Å². The highest BCUT2D eigenvalue weighted by Crippen LogP contribution is 2.18. The molecule has 2 aromatic rings. The van der Waals surface area contributed by atoms with Gasteiger partial charge in [-0.3, -0.25) is 4.79 Å². The summed E-state index contributed by atoms with van der Waals surface area (Å²) in [7, 11) is -7.39. The van der Waals surface area contributed by atoms with Crippen LogP contribution in [0.4, 0.5) is 5.69 Å². The van der Waals surface area contributed by atoms with Crippen molar-refractivity contribution in [1.29, 1.82) is 0 Å². The van der Waals surface area contributed by atoms with Gasteiger partial charge in [-0.1, -0.05) is 19.4 Å². The Morgan fingerprint density at radius 2 is 1.55 bits per heavy atom. The fourth-order valence-corrected chi connectivity index (χ4v) is 5.19. The number of rotatable bonds is 9. The van der Waals surface area contributed by atoms with E-state index in [1.165, 1.54) is 48.5 Å². The second kappa shape index (κ2) is 9.90. The molecular weight excluding hydrogens is 438 g/mol. The molecule has 0 saturated carbocycles. The maximum atomic E-state index is 12.6. The first-order chi connectivity index (χ1) is 14.3. The number of anilines is 1. The van der Waals surface area contributed by atoms with E-state index in [9.17, 15) is 21.6 Å². The van der Waals surface area contributed by atoms with E-state index in [0.29, 0.717) is 12.2 Å². The molecule has 0 radical (unpaired) electrons. The van der Waals surface area contributed by atoms with Gasteiger partial charge >= 0.3 is 0 Å². The zero-order chi connectivity index (χ0) is 23.3. The van der Waals surface area contributed by atoms with Crippen molar-refractivity contribution in [1.82, 2.24) is 9.44 Å². The SMILES string of the molecule is CCCCNS(=O)(=O)c1cccc(C(=O)Nc2ccc(S(=O)(=O)NC(C)(C)C)cc2)c1. The number of nitrogens with one attached hydrogen (secondary N) is 3. The lowest BCUT2D eigenvalue weighted by Crippen LogP contribution is -2.40. The summed E-state index contributed by atoms with van der Waals surface area (Å²) in [6.07, 6.45) is 1.58. The summed E-state index contributed by atoms with van der Waals surface area (Å²) in [4.78, 5) is 12.6. The summed E-state index contributed by atoms with van der Waals surface area (Å²) in [6.45, 7) is 7.52. The summed E-state index contributed by atoms with van der Waals surface area (Å²) < 4.78 is 54.5. The highest BCUT2D eigenvalue weighted by Gasteiger charge is 2.22. The minimum atomic E-state index is -3.70. The fraction of sp³-hybridized carbons (Fsp3) is 0.381. The van der Waals surface area contributed by atoms with Crippen LogP contribution in [0.5, 0.6) is 0 Å². The van der Waals surface area contributed by atoms with E-state index in [2.05, 4.69) is 14.8 Å². The lowest BCUT2D eigenvalue weighted by Gasteiger charge is -2.20. The summed E-state index contributed by atoms with van der Waals surface area (Å²) in [5.41, 5.74) is -0.0684. The maximum absolute atomic E-state index is 12.6. The van der Waals surface area contributed by atoms with Gasteiger partial charge in [0.25, 0.3) is 5.91 Å². The average Bonchev–Trinajstić information content (AvgIpc) is 2.67. The van der Waals surface area contributed by atoms with Crippen LogP contribution in [-0.4, -0.2) is 34.8 Å². The monoisotopic (exact) mass is 467 g/mol. The molecule has 0 saturated heterocycles. The number of hydrogen-bond donors (Lipinski definition) is 3. The van der Waals surface area contributed by atoms with Gasteiger partial charge in [-0.15, -0.1) is 0 Å². The van der Waals surface area contributed by atoms with Gasteiger partial charge in [0, 0.05) is 23.3 Å². The van der Waals surface area contributed by atoms with Crippen molar-refractivity contribution in [3.05, 3.63) is 54.1 Å². The van der Waals surface area contributed by atoms with Crippen molar-refractivity contribution in [2.45, 2.75) is 55.9 Å². The van der Waals surface area contributed by atoms with Gasteiger partial charge in [0.2, 0.25) is 20.0 Å². The minimum Gasteiger partial charge on any atom is -0.322 e. The third-order valence-electron chi connectivity index (χ3n) is 4.09. The van der Waals surface area contributed by atoms with E-state index in [1.807, 2.05) is 6.92 Å². The van der Waals surface area contributed by atoms with E-state index in [4.69, 9.17) is 0 Å². The number of unbranched alkanes of at least 4 members (excludes halogenated alkanes) is 1. The minimum absolute atomic E-state index is 0.00551.